The molecule has 0 fully saturated rings. The van der Waals surface area contributed by atoms with E-state index in [1.807, 2.05) is 0 Å². The first-order valence-corrected chi connectivity index (χ1v) is 5.13. The number of rotatable bonds is 2. The summed E-state index contributed by atoms with van der Waals surface area (Å²) >= 11 is 0. The molecule has 0 aliphatic heterocycles. The molecular weight excluding hydrogens is 134 g/mol. The monoisotopic (exact) mass is 149 g/mol. The van der Waals surface area contributed by atoms with Crippen LogP contribution in [0.5, 0.6) is 0 Å². The Kier molecular flexibility index (Phi) is 3.54. The van der Waals surface area contributed by atoms with Gasteiger partial charge in [0, 0.05) is 5.60 Å². The topological polar surface area (TPSA) is 21.3 Å². The fourth-order valence-corrected chi connectivity index (χ4v) is 1.30. The van der Waals surface area contributed by atoms with Gasteiger partial charge in [-0.2, -0.15) is 0 Å². The lowest BCUT2D eigenvalue weighted by atomic mass is 10.2. The molecule has 0 saturated heterocycles. The molecule has 0 saturated carbocycles. The third-order valence-corrected chi connectivity index (χ3v) is 2.81. The van der Waals surface area contributed by atoms with Crippen molar-refractivity contribution in [2.75, 3.05) is 0 Å². The molecule has 0 atom stereocenters. The quantitative estimate of drug-likeness (QED) is 0.491. The van der Waals surface area contributed by atoms with Crippen LogP contribution in [0.4, 0.5) is 0 Å². The maximum Gasteiger partial charge on any atom is 0.229 e. The Morgan fingerprint density at radius 3 is 2.12 bits per heavy atom. The minimum absolute atomic E-state index is 0.0730. The highest BCUT2D eigenvalue weighted by molar-refractivity contribution is 6.36. The van der Waals surface area contributed by atoms with Crippen molar-refractivity contribution in [2.45, 2.75) is 26.4 Å². The molecule has 50 valence electrons. The smallest absolute Gasteiger partial charge is 0.229 e. The first-order valence-electron chi connectivity index (χ1n) is 2.85. The van der Waals surface area contributed by atoms with Gasteiger partial charge in [-0.3, -0.25) is 0 Å². The SMILES string of the molecule is CC(C)(C)O[SiH2]N[SiH3]. The van der Waals surface area contributed by atoms with E-state index >= 15 is 0 Å². The Labute approximate surface area is 56.5 Å². The van der Waals surface area contributed by atoms with E-state index in [-0.39, 0.29) is 15.5 Å². The summed E-state index contributed by atoms with van der Waals surface area (Å²) in [7, 11) is 0.698. The Hall–Kier alpha value is 0.354. The van der Waals surface area contributed by atoms with Gasteiger partial charge in [-0.1, -0.05) is 0 Å². The third-order valence-electron chi connectivity index (χ3n) is 0.650. The molecule has 0 bridgehead atoms. The van der Waals surface area contributed by atoms with Crippen LogP contribution in [0.25, 0.3) is 0 Å². The summed E-state index contributed by atoms with van der Waals surface area (Å²) in [4.78, 5) is 0. The molecule has 8 heavy (non-hydrogen) atoms. The van der Waals surface area contributed by atoms with Crippen molar-refractivity contribution in [3.05, 3.63) is 0 Å². The number of nitrogens with one attached hydrogen (secondary N) is 1. The molecule has 0 heterocycles. The highest BCUT2D eigenvalue weighted by Gasteiger charge is 2.07. The molecule has 1 N–H and O–H groups in total. The summed E-state index contributed by atoms with van der Waals surface area (Å²) in [6.07, 6.45) is 0. The Morgan fingerprint density at radius 1 is 1.50 bits per heavy atom. The zero-order valence-corrected chi connectivity index (χ0v) is 9.53. The molecule has 0 spiro atoms. The second kappa shape index (κ2) is 3.39. The van der Waals surface area contributed by atoms with E-state index in [9.17, 15) is 0 Å². The molecule has 0 rings (SSSR count). The normalized spacial score (nSPS) is 13.9. The van der Waals surface area contributed by atoms with Crippen LogP contribution in [-0.4, -0.2) is 25.9 Å². The second-order valence-electron chi connectivity index (χ2n) is 2.75. The maximum absolute atomic E-state index is 5.44. The van der Waals surface area contributed by atoms with Gasteiger partial charge in [0.1, 0.15) is 0 Å². The van der Waals surface area contributed by atoms with Crippen molar-refractivity contribution in [2.24, 2.45) is 0 Å². The predicted molar refractivity (Wildman–Crippen MR) is 42.5 cm³/mol. The average Bonchev–Trinajstić information content (AvgIpc) is 1.59. The summed E-state index contributed by atoms with van der Waals surface area (Å²) in [5.41, 5.74) is 0.0730. The molecule has 0 amide bonds. The Balaban J connectivity index is 3.11. The van der Waals surface area contributed by atoms with Crippen molar-refractivity contribution in [1.82, 2.24) is 4.65 Å². The van der Waals surface area contributed by atoms with E-state index in [1.165, 1.54) is 0 Å². The van der Waals surface area contributed by atoms with Crippen LogP contribution >= 0.6 is 0 Å². The Bertz CT molecular complexity index is 61.5. The van der Waals surface area contributed by atoms with Crippen molar-refractivity contribution >= 4 is 20.3 Å². The summed E-state index contributed by atoms with van der Waals surface area (Å²) in [5.74, 6) is 0. The van der Waals surface area contributed by atoms with Crippen LogP contribution in [-0.2, 0) is 4.43 Å². The Morgan fingerprint density at radius 2 is 2.00 bits per heavy atom. The summed E-state index contributed by atoms with van der Waals surface area (Å²) in [5, 5.41) is 0. The molecule has 0 aromatic rings. The van der Waals surface area contributed by atoms with E-state index in [1.54, 1.807) is 0 Å². The van der Waals surface area contributed by atoms with Crippen LogP contribution in [0.3, 0.4) is 0 Å². The molecule has 0 unspecified atom stereocenters. The van der Waals surface area contributed by atoms with Crippen LogP contribution in [0, 0.1) is 0 Å². The minimum atomic E-state index is -0.371. The molecule has 4 heteroatoms. The van der Waals surface area contributed by atoms with Gasteiger partial charge in [-0.15, -0.1) is 0 Å². The molecule has 2 nitrogen and oxygen atoms in total. The second-order valence-corrected chi connectivity index (χ2v) is 6.16. The van der Waals surface area contributed by atoms with Crippen molar-refractivity contribution in [3.63, 3.8) is 0 Å². The standard InChI is InChI=1S/C4H15NOSi2/c1-4(2,3)6-8-5-7/h5H,8H2,1-3,7H3. The van der Waals surface area contributed by atoms with Crippen LogP contribution in [0.15, 0.2) is 0 Å². The molecule has 0 aliphatic carbocycles. The van der Waals surface area contributed by atoms with Gasteiger partial charge < -0.3 is 9.07 Å². The summed E-state index contributed by atoms with van der Waals surface area (Å²) in [6, 6.07) is 0. The fraction of sp³-hybridized carbons (Fsp3) is 1.00. The van der Waals surface area contributed by atoms with E-state index < -0.39 is 0 Å². The fourth-order valence-electron chi connectivity index (χ4n) is 0.289. The molecule has 0 aliphatic rings. The zero-order valence-electron chi connectivity index (χ0n) is 6.12. The van der Waals surface area contributed by atoms with E-state index in [2.05, 4.69) is 25.4 Å². The molecule has 0 aromatic heterocycles. The number of hydrogen-bond acceptors (Lipinski definition) is 2. The van der Waals surface area contributed by atoms with Gasteiger partial charge in [0.05, 0.1) is 10.4 Å². The van der Waals surface area contributed by atoms with Crippen molar-refractivity contribution in [3.8, 4) is 0 Å². The van der Waals surface area contributed by atoms with Gasteiger partial charge in [-0.05, 0) is 20.8 Å². The minimum Gasteiger partial charge on any atom is -0.405 e. The van der Waals surface area contributed by atoms with Crippen molar-refractivity contribution in [1.29, 1.82) is 0 Å². The molecular formula is C4H15NOSi2. The lowest BCUT2D eigenvalue weighted by Crippen LogP contribution is -2.29. The number of hydrogen-bond donors (Lipinski definition) is 1. The van der Waals surface area contributed by atoms with Gasteiger partial charge in [0.25, 0.3) is 0 Å². The van der Waals surface area contributed by atoms with Crippen LogP contribution in [0.2, 0.25) is 0 Å². The van der Waals surface area contributed by atoms with E-state index in [0.717, 1.165) is 10.4 Å². The maximum atomic E-state index is 5.44. The third kappa shape index (κ3) is 6.35. The van der Waals surface area contributed by atoms with Crippen LogP contribution < -0.4 is 4.65 Å². The van der Waals surface area contributed by atoms with Gasteiger partial charge in [0.2, 0.25) is 9.92 Å². The predicted octanol–water partition coefficient (Wildman–Crippen LogP) is -1.33. The van der Waals surface area contributed by atoms with Gasteiger partial charge in [-0.25, -0.2) is 0 Å². The molecule has 0 radical (unpaired) electrons. The average molecular weight is 149 g/mol. The highest BCUT2D eigenvalue weighted by Crippen LogP contribution is 2.03. The van der Waals surface area contributed by atoms with Gasteiger partial charge >= 0.3 is 0 Å². The van der Waals surface area contributed by atoms with Crippen LogP contribution in [0.1, 0.15) is 20.8 Å². The van der Waals surface area contributed by atoms with E-state index in [4.69, 9.17) is 4.43 Å². The van der Waals surface area contributed by atoms with Crippen molar-refractivity contribution < 1.29 is 4.43 Å². The van der Waals surface area contributed by atoms with Gasteiger partial charge in [0.15, 0.2) is 0 Å². The first kappa shape index (κ1) is 8.35. The summed E-state index contributed by atoms with van der Waals surface area (Å²) < 4.78 is 8.62. The summed E-state index contributed by atoms with van der Waals surface area (Å²) in [6.45, 7) is 6.25. The highest BCUT2D eigenvalue weighted by atomic mass is 28.3. The largest absolute Gasteiger partial charge is 0.405 e. The molecule has 0 aromatic carbocycles. The lowest BCUT2D eigenvalue weighted by Gasteiger charge is -2.18. The first-order chi connectivity index (χ1) is 3.56. The van der Waals surface area contributed by atoms with E-state index in [0.29, 0.717) is 0 Å². The zero-order chi connectivity index (χ0) is 6.62. The lowest BCUT2D eigenvalue weighted by molar-refractivity contribution is 0.137.